The van der Waals surface area contributed by atoms with Crippen LogP contribution in [0, 0.1) is 0 Å². The van der Waals surface area contributed by atoms with Gasteiger partial charge in [-0.3, -0.25) is 4.79 Å². The van der Waals surface area contributed by atoms with Crippen LogP contribution in [0.2, 0.25) is 5.02 Å². The summed E-state index contributed by atoms with van der Waals surface area (Å²) in [6.45, 7) is 0. The molecule has 1 aromatic carbocycles. The van der Waals surface area contributed by atoms with Crippen LogP contribution in [0.15, 0.2) is 36.4 Å². The van der Waals surface area contributed by atoms with Gasteiger partial charge in [0.25, 0.3) is 0 Å². The summed E-state index contributed by atoms with van der Waals surface area (Å²) in [5, 5.41) is 13.5. The molecule has 1 aliphatic rings. The number of nitrogens with one attached hydrogen (secondary N) is 1. The molecular weight excluding hydrogens is 262 g/mol. The highest BCUT2D eigenvalue weighted by atomic mass is 35.5. The number of carbonyl (C=O) groups excluding carboxylic acids is 1. The molecule has 1 aliphatic carbocycles. The first-order valence-corrected chi connectivity index (χ1v) is 6.92. The van der Waals surface area contributed by atoms with E-state index in [9.17, 15) is 9.90 Å². The molecule has 2 unspecified atom stereocenters. The Kier molecular flexibility index (Phi) is 5.00. The van der Waals surface area contributed by atoms with Crippen LogP contribution >= 0.6 is 11.6 Å². The molecule has 0 spiro atoms. The van der Waals surface area contributed by atoms with Crippen LogP contribution in [0.25, 0.3) is 0 Å². The molecule has 0 fully saturated rings. The fraction of sp³-hybridized carbons (Fsp3) is 0.400. The molecule has 102 valence electrons. The van der Waals surface area contributed by atoms with E-state index >= 15 is 0 Å². The fourth-order valence-corrected chi connectivity index (χ4v) is 2.30. The SMILES string of the molecule is O=C(CC(O)c1ccc(Cl)cc1)NC1C=CCCC1. The van der Waals surface area contributed by atoms with Gasteiger partial charge in [0.1, 0.15) is 0 Å². The lowest BCUT2D eigenvalue weighted by molar-refractivity contribution is -0.123. The zero-order valence-electron chi connectivity index (χ0n) is 10.7. The summed E-state index contributed by atoms with van der Waals surface area (Å²) in [4.78, 5) is 11.8. The molecule has 1 amide bonds. The van der Waals surface area contributed by atoms with Gasteiger partial charge >= 0.3 is 0 Å². The van der Waals surface area contributed by atoms with Crippen molar-refractivity contribution in [3.8, 4) is 0 Å². The van der Waals surface area contributed by atoms with Gasteiger partial charge < -0.3 is 10.4 Å². The van der Waals surface area contributed by atoms with E-state index in [0.29, 0.717) is 10.6 Å². The minimum atomic E-state index is -0.787. The summed E-state index contributed by atoms with van der Waals surface area (Å²) >= 11 is 5.78. The number of benzene rings is 1. The van der Waals surface area contributed by atoms with Crippen LogP contribution in [0.4, 0.5) is 0 Å². The highest BCUT2D eigenvalue weighted by molar-refractivity contribution is 6.30. The summed E-state index contributed by atoms with van der Waals surface area (Å²) in [5.41, 5.74) is 0.707. The topological polar surface area (TPSA) is 49.3 Å². The van der Waals surface area contributed by atoms with Crippen LogP contribution in [-0.2, 0) is 4.79 Å². The Morgan fingerprint density at radius 3 is 2.79 bits per heavy atom. The first kappa shape index (κ1) is 14.1. The van der Waals surface area contributed by atoms with Gasteiger partial charge in [-0.25, -0.2) is 0 Å². The average Bonchev–Trinajstić information content (AvgIpc) is 2.40. The number of carbonyl (C=O) groups is 1. The Labute approximate surface area is 118 Å². The standard InChI is InChI=1S/C15H18ClNO2/c16-12-8-6-11(7-9-12)14(18)10-15(19)17-13-4-2-1-3-5-13/h2,4,6-9,13-14,18H,1,3,5,10H2,(H,17,19). The lowest BCUT2D eigenvalue weighted by atomic mass is 10.0. The molecule has 0 radical (unpaired) electrons. The summed E-state index contributed by atoms with van der Waals surface area (Å²) in [7, 11) is 0. The molecule has 0 aromatic heterocycles. The van der Waals surface area contributed by atoms with E-state index in [0.717, 1.165) is 19.3 Å². The molecule has 2 N–H and O–H groups in total. The number of halogens is 1. The lowest BCUT2D eigenvalue weighted by Crippen LogP contribution is -2.35. The molecule has 2 atom stereocenters. The predicted molar refractivity (Wildman–Crippen MR) is 76.0 cm³/mol. The second-order valence-electron chi connectivity index (χ2n) is 4.80. The van der Waals surface area contributed by atoms with Crippen molar-refractivity contribution < 1.29 is 9.90 Å². The van der Waals surface area contributed by atoms with Crippen LogP contribution in [0.3, 0.4) is 0 Å². The number of aliphatic hydroxyl groups excluding tert-OH is 1. The van der Waals surface area contributed by atoms with Gasteiger partial charge in [-0.1, -0.05) is 35.9 Å². The molecule has 19 heavy (non-hydrogen) atoms. The molecule has 0 saturated carbocycles. The monoisotopic (exact) mass is 279 g/mol. The summed E-state index contributed by atoms with van der Waals surface area (Å²) in [6.07, 6.45) is 6.55. The molecule has 1 aromatic rings. The van der Waals surface area contributed by atoms with Crippen molar-refractivity contribution in [2.24, 2.45) is 0 Å². The van der Waals surface area contributed by atoms with Gasteiger partial charge in [-0.05, 0) is 37.0 Å². The van der Waals surface area contributed by atoms with E-state index < -0.39 is 6.10 Å². The van der Waals surface area contributed by atoms with E-state index in [1.807, 2.05) is 6.08 Å². The Hall–Kier alpha value is -1.32. The van der Waals surface area contributed by atoms with Crippen LogP contribution in [0.1, 0.15) is 37.4 Å². The van der Waals surface area contributed by atoms with Gasteiger partial charge in [-0.15, -0.1) is 0 Å². The van der Waals surface area contributed by atoms with E-state index in [1.54, 1.807) is 24.3 Å². The maximum atomic E-state index is 11.8. The summed E-state index contributed by atoms with van der Waals surface area (Å²) in [6, 6.07) is 7.00. The minimum Gasteiger partial charge on any atom is -0.388 e. The van der Waals surface area contributed by atoms with E-state index in [2.05, 4.69) is 11.4 Å². The zero-order valence-corrected chi connectivity index (χ0v) is 11.4. The average molecular weight is 280 g/mol. The van der Waals surface area contributed by atoms with Crippen molar-refractivity contribution in [1.29, 1.82) is 0 Å². The smallest absolute Gasteiger partial charge is 0.223 e. The third-order valence-corrected chi connectivity index (χ3v) is 3.49. The van der Waals surface area contributed by atoms with Crippen molar-refractivity contribution in [2.75, 3.05) is 0 Å². The van der Waals surface area contributed by atoms with Crippen molar-refractivity contribution in [2.45, 2.75) is 37.8 Å². The number of hydrogen-bond acceptors (Lipinski definition) is 2. The molecule has 4 heteroatoms. The number of rotatable bonds is 4. The van der Waals surface area contributed by atoms with Crippen molar-refractivity contribution in [3.05, 3.63) is 47.0 Å². The third kappa shape index (κ3) is 4.37. The van der Waals surface area contributed by atoms with Crippen LogP contribution in [0.5, 0.6) is 0 Å². The van der Waals surface area contributed by atoms with Gasteiger partial charge in [0.2, 0.25) is 5.91 Å². The Morgan fingerprint density at radius 2 is 2.16 bits per heavy atom. The number of amides is 1. The van der Waals surface area contributed by atoms with Gasteiger partial charge in [0.05, 0.1) is 12.5 Å². The highest BCUT2D eigenvalue weighted by Gasteiger charge is 2.16. The van der Waals surface area contributed by atoms with Crippen molar-refractivity contribution >= 4 is 17.5 Å². The normalized spacial score (nSPS) is 20.0. The zero-order chi connectivity index (χ0) is 13.7. The third-order valence-electron chi connectivity index (χ3n) is 3.23. The summed E-state index contributed by atoms with van der Waals surface area (Å²) in [5.74, 6) is -0.126. The van der Waals surface area contributed by atoms with Crippen molar-refractivity contribution in [3.63, 3.8) is 0 Å². The Morgan fingerprint density at radius 1 is 1.42 bits per heavy atom. The van der Waals surface area contributed by atoms with Gasteiger partial charge in [0.15, 0.2) is 0 Å². The van der Waals surface area contributed by atoms with Gasteiger partial charge in [0, 0.05) is 11.1 Å². The minimum absolute atomic E-state index is 0.0754. The second kappa shape index (κ2) is 6.73. The second-order valence-corrected chi connectivity index (χ2v) is 5.24. The maximum Gasteiger partial charge on any atom is 0.223 e. The summed E-state index contributed by atoms with van der Waals surface area (Å²) < 4.78 is 0. The van der Waals surface area contributed by atoms with Crippen molar-refractivity contribution in [1.82, 2.24) is 5.32 Å². The molecule has 0 heterocycles. The lowest BCUT2D eigenvalue weighted by Gasteiger charge is -2.19. The van der Waals surface area contributed by atoms with E-state index in [4.69, 9.17) is 11.6 Å². The molecule has 3 nitrogen and oxygen atoms in total. The number of allylic oxidation sites excluding steroid dienone is 1. The molecule has 2 rings (SSSR count). The van der Waals surface area contributed by atoms with Crippen LogP contribution < -0.4 is 5.32 Å². The Bertz CT molecular complexity index is 456. The highest BCUT2D eigenvalue weighted by Crippen LogP contribution is 2.19. The van der Waals surface area contributed by atoms with E-state index in [1.165, 1.54) is 0 Å². The predicted octanol–water partition coefficient (Wildman–Crippen LogP) is 2.99. The van der Waals surface area contributed by atoms with Crippen LogP contribution in [-0.4, -0.2) is 17.1 Å². The molecule has 0 saturated heterocycles. The number of hydrogen-bond donors (Lipinski definition) is 2. The number of aliphatic hydroxyl groups is 1. The first-order valence-electron chi connectivity index (χ1n) is 6.54. The van der Waals surface area contributed by atoms with Gasteiger partial charge in [-0.2, -0.15) is 0 Å². The quantitative estimate of drug-likeness (QED) is 0.833. The first-order chi connectivity index (χ1) is 9.15. The van der Waals surface area contributed by atoms with E-state index in [-0.39, 0.29) is 18.4 Å². The fourth-order valence-electron chi connectivity index (χ4n) is 2.18. The molecule has 0 bridgehead atoms. The Balaban J connectivity index is 1.85. The maximum absolute atomic E-state index is 11.8. The molecular formula is C15H18ClNO2. The molecule has 0 aliphatic heterocycles. The largest absolute Gasteiger partial charge is 0.388 e.